The number of aliphatic hydroxyl groups excluding tert-OH is 2. The van der Waals surface area contributed by atoms with Crippen molar-refractivity contribution in [3.05, 3.63) is 144 Å². The third kappa shape index (κ3) is 7.92. The number of epoxide rings is 2. The molecule has 268 valence electrons. The molecule has 3 aromatic rings. The Labute approximate surface area is 300 Å². The van der Waals surface area contributed by atoms with Gasteiger partial charge in [0.2, 0.25) is 0 Å². The lowest BCUT2D eigenvalue weighted by atomic mass is 9.62. The second kappa shape index (κ2) is 16.1. The van der Waals surface area contributed by atoms with E-state index in [-0.39, 0.29) is 43.9 Å². The third-order valence-electron chi connectivity index (χ3n) is 10.1. The Morgan fingerprint density at radius 2 is 1.41 bits per heavy atom. The highest BCUT2D eigenvalue weighted by Gasteiger charge is 2.53. The van der Waals surface area contributed by atoms with Gasteiger partial charge < -0.3 is 38.6 Å². The van der Waals surface area contributed by atoms with Gasteiger partial charge in [-0.1, -0.05) is 85.0 Å². The van der Waals surface area contributed by atoms with Crippen molar-refractivity contribution in [1.82, 2.24) is 0 Å². The topological polar surface area (TPSA) is 102 Å². The summed E-state index contributed by atoms with van der Waals surface area (Å²) in [6.45, 7) is 10.5. The number of fused-ring (bicyclic) bond motifs is 3. The first kappa shape index (κ1) is 35.4. The largest absolute Gasteiger partial charge is 0.491 e. The zero-order valence-corrected chi connectivity index (χ0v) is 29.0. The van der Waals surface area contributed by atoms with E-state index >= 15 is 0 Å². The number of hydrogen-bond acceptors (Lipinski definition) is 8. The third-order valence-corrected chi connectivity index (χ3v) is 10.1. The zero-order valence-electron chi connectivity index (χ0n) is 29.0. The van der Waals surface area contributed by atoms with Gasteiger partial charge in [-0.3, -0.25) is 0 Å². The number of ether oxygens (including phenoxy) is 6. The molecule has 2 heterocycles. The first-order chi connectivity index (χ1) is 25.0. The van der Waals surface area contributed by atoms with Crippen LogP contribution in [0.5, 0.6) is 11.5 Å². The van der Waals surface area contributed by atoms with E-state index in [1.165, 1.54) is 11.1 Å². The Balaban J connectivity index is 1.32. The molecule has 2 N–H and O–H groups in total. The molecule has 7 atom stereocenters. The summed E-state index contributed by atoms with van der Waals surface area (Å²) >= 11 is 0. The van der Waals surface area contributed by atoms with Gasteiger partial charge in [-0.25, -0.2) is 0 Å². The number of allylic oxidation sites excluding steroid dienone is 4. The van der Waals surface area contributed by atoms with Gasteiger partial charge >= 0.3 is 0 Å². The van der Waals surface area contributed by atoms with Crippen molar-refractivity contribution in [3.63, 3.8) is 0 Å². The molecule has 0 bridgehead atoms. The van der Waals surface area contributed by atoms with Gasteiger partial charge in [0.05, 0.1) is 57.3 Å². The summed E-state index contributed by atoms with van der Waals surface area (Å²) in [6.07, 6.45) is 12.1. The summed E-state index contributed by atoms with van der Waals surface area (Å²) in [6, 6.07) is 21.7. The number of rotatable bonds is 20. The molecule has 7 unspecified atom stereocenters. The van der Waals surface area contributed by atoms with Crippen LogP contribution in [-0.4, -0.2) is 87.5 Å². The van der Waals surface area contributed by atoms with Crippen LogP contribution in [0.1, 0.15) is 39.3 Å². The fourth-order valence-electron chi connectivity index (χ4n) is 7.66. The second-order valence-electron chi connectivity index (χ2n) is 13.8. The van der Waals surface area contributed by atoms with E-state index in [1.54, 1.807) is 12.2 Å². The van der Waals surface area contributed by atoms with E-state index < -0.39 is 17.6 Å². The fraction of sp³-hybridized carbons (Fsp3) is 0.395. The molecule has 2 aliphatic heterocycles. The van der Waals surface area contributed by atoms with Crippen molar-refractivity contribution in [3.8, 4) is 11.5 Å². The minimum absolute atomic E-state index is 0.0841. The number of hydrogen-bond donors (Lipinski definition) is 2. The van der Waals surface area contributed by atoms with Crippen LogP contribution in [-0.2, 0) is 37.2 Å². The highest BCUT2D eigenvalue weighted by Crippen LogP contribution is 2.60. The van der Waals surface area contributed by atoms with Gasteiger partial charge in [0.1, 0.15) is 36.9 Å². The quantitative estimate of drug-likeness (QED) is 0.0894. The van der Waals surface area contributed by atoms with Gasteiger partial charge in [-0.15, -0.1) is 13.2 Å². The molecule has 2 saturated heterocycles. The minimum atomic E-state index is -0.772. The van der Waals surface area contributed by atoms with Crippen LogP contribution in [0.3, 0.4) is 0 Å². The Hall–Kier alpha value is -4.02. The first-order valence-corrected chi connectivity index (χ1v) is 17.9. The average molecular weight is 693 g/mol. The van der Waals surface area contributed by atoms with Crippen molar-refractivity contribution in [2.24, 2.45) is 5.92 Å². The van der Waals surface area contributed by atoms with Crippen molar-refractivity contribution >= 4 is 0 Å². The van der Waals surface area contributed by atoms with E-state index in [4.69, 9.17) is 28.4 Å². The lowest BCUT2D eigenvalue weighted by Crippen LogP contribution is -2.35. The summed E-state index contributed by atoms with van der Waals surface area (Å²) in [5, 5.41) is 21.7. The molecule has 51 heavy (non-hydrogen) atoms. The molecular weight excluding hydrogens is 644 g/mol. The Bertz CT molecular complexity index is 1740. The van der Waals surface area contributed by atoms with Crippen LogP contribution in [0.25, 0.3) is 0 Å². The highest BCUT2D eigenvalue weighted by molar-refractivity contribution is 5.64. The molecule has 8 nitrogen and oxygen atoms in total. The summed E-state index contributed by atoms with van der Waals surface area (Å²) in [5.74, 6) is 1.72. The smallest absolute Gasteiger partial charge is 0.122 e. The molecule has 0 radical (unpaired) electrons. The SMILES string of the molecule is C=CCOCC(O)COc1ccc(C2(c3ccc(OCC4CO4)c(CC(O)COCC=C)c3)c3ccccc3C3C=CC=CC32)cc1CC1CO1. The Kier molecular flexibility index (Phi) is 11.2. The molecule has 0 amide bonds. The number of benzene rings is 3. The second-order valence-corrected chi connectivity index (χ2v) is 13.8. The molecule has 2 fully saturated rings. The Morgan fingerprint density at radius 1 is 0.765 bits per heavy atom. The summed E-state index contributed by atoms with van der Waals surface area (Å²) in [5.41, 5.74) is 6.17. The van der Waals surface area contributed by atoms with Crippen molar-refractivity contribution in [2.75, 3.05) is 52.9 Å². The van der Waals surface area contributed by atoms with Crippen molar-refractivity contribution in [1.29, 1.82) is 0 Å². The van der Waals surface area contributed by atoms with Gasteiger partial charge in [-0.05, 0) is 45.5 Å². The predicted molar refractivity (Wildman–Crippen MR) is 196 cm³/mol. The lowest BCUT2D eigenvalue weighted by molar-refractivity contribution is 0.0212. The van der Waals surface area contributed by atoms with Gasteiger partial charge in [0, 0.05) is 24.7 Å². The zero-order chi connectivity index (χ0) is 35.2. The molecule has 0 saturated carbocycles. The summed E-state index contributed by atoms with van der Waals surface area (Å²) in [7, 11) is 0. The monoisotopic (exact) mass is 692 g/mol. The summed E-state index contributed by atoms with van der Waals surface area (Å²) < 4.78 is 34.8. The fourth-order valence-corrected chi connectivity index (χ4v) is 7.66. The maximum Gasteiger partial charge on any atom is 0.122 e. The maximum absolute atomic E-state index is 11.1. The van der Waals surface area contributed by atoms with Gasteiger partial charge in [-0.2, -0.15) is 0 Å². The summed E-state index contributed by atoms with van der Waals surface area (Å²) in [4.78, 5) is 0. The Morgan fingerprint density at radius 3 is 2.12 bits per heavy atom. The highest BCUT2D eigenvalue weighted by atomic mass is 16.6. The molecule has 3 aromatic carbocycles. The molecular formula is C43H48O8. The van der Waals surface area contributed by atoms with E-state index in [0.717, 1.165) is 33.8 Å². The van der Waals surface area contributed by atoms with Crippen LogP contribution in [0.15, 0.2) is 110 Å². The predicted octanol–water partition coefficient (Wildman–Crippen LogP) is 5.63. The molecule has 4 aliphatic rings. The molecule has 8 heteroatoms. The number of aliphatic hydroxyl groups is 2. The van der Waals surface area contributed by atoms with Crippen LogP contribution in [0, 0.1) is 5.92 Å². The minimum Gasteiger partial charge on any atom is -0.491 e. The van der Waals surface area contributed by atoms with Crippen LogP contribution < -0.4 is 9.47 Å². The van der Waals surface area contributed by atoms with Crippen LogP contribution >= 0.6 is 0 Å². The van der Waals surface area contributed by atoms with E-state index in [1.807, 2.05) is 6.07 Å². The molecule has 0 spiro atoms. The van der Waals surface area contributed by atoms with Crippen molar-refractivity contribution in [2.45, 2.75) is 48.6 Å². The average Bonchev–Trinajstić information content (AvgIpc) is 4.10. The van der Waals surface area contributed by atoms with E-state index in [9.17, 15) is 10.2 Å². The van der Waals surface area contributed by atoms with E-state index in [0.29, 0.717) is 45.9 Å². The van der Waals surface area contributed by atoms with Crippen LogP contribution in [0.4, 0.5) is 0 Å². The van der Waals surface area contributed by atoms with Crippen LogP contribution in [0.2, 0.25) is 0 Å². The van der Waals surface area contributed by atoms with Gasteiger partial charge in [0.15, 0.2) is 0 Å². The maximum atomic E-state index is 11.1. The van der Waals surface area contributed by atoms with Gasteiger partial charge in [0.25, 0.3) is 0 Å². The van der Waals surface area contributed by atoms with E-state index in [2.05, 4.69) is 92.1 Å². The normalized spacial score (nSPS) is 25.1. The molecule has 0 aromatic heterocycles. The standard InChI is InChI=1S/C43H48O8/c1-3-17-46-23-33(44)21-29-19-31(13-15-41(29)51-28-36-27-49-36)43(39-11-7-5-9-37(39)38-10-6-8-12-40(38)43)32-14-16-42(30(20-32)22-35-26-48-35)50-25-34(45)24-47-18-4-2/h3-16,19-20,33-37,39,44-45H,1-2,17-18,21-28H2. The lowest BCUT2D eigenvalue weighted by Gasteiger charge is -2.39. The molecule has 2 aliphatic carbocycles. The molecule has 7 rings (SSSR count). The van der Waals surface area contributed by atoms with Crippen molar-refractivity contribution < 1.29 is 38.6 Å². The first-order valence-electron chi connectivity index (χ1n) is 17.9.